The molecule has 0 aliphatic carbocycles. The number of benzene rings is 2. The number of ether oxygens (including phenoxy) is 1. The van der Waals surface area contributed by atoms with Crippen LogP contribution in [-0.4, -0.2) is 35.8 Å². The van der Waals surface area contributed by atoms with Gasteiger partial charge in [-0.05, 0) is 30.7 Å². The third-order valence-electron chi connectivity index (χ3n) is 4.79. The Balaban J connectivity index is 1.52. The van der Waals surface area contributed by atoms with Crippen molar-refractivity contribution < 1.29 is 23.5 Å². The number of anilines is 1. The van der Waals surface area contributed by atoms with Crippen molar-refractivity contribution in [3.63, 3.8) is 0 Å². The summed E-state index contributed by atoms with van der Waals surface area (Å²) < 4.78 is 18.1. The molecule has 0 spiro atoms. The van der Waals surface area contributed by atoms with Crippen LogP contribution in [-0.2, 0) is 19.1 Å². The molecule has 2 aromatic rings. The van der Waals surface area contributed by atoms with E-state index in [2.05, 4.69) is 5.32 Å². The number of nitrogens with one attached hydrogen (secondary N) is 1. The number of amides is 2. The van der Waals surface area contributed by atoms with Crippen LogP contribution in [0, 0.1) is 11.7 Å². The minimum atomic E-state index is -0.629. The molecule has 0 bridgehead atoms. The van der Waals surface area contributed by atoms with E-state index in [0.717, 1.165) is 17.7 Å². The zero-order valence-electron chi connectivity index (χ0n) is 15.7. The zero-order chi connectivity index (χ0) is 21.0. The van der Waals surface area contributed by atoms with Crippen LogP contribution in [0.4, 0.5) is 10.1 Å². The molecule has 2 atom stereocenters. The van der Waals surface area contributed by atoms with Crippen molar-refractivity contribution in [1.29, 1.82) is 0 Å². The van der Waals surface area contributed by atoms with Gasteiger partial charge in [-0.3, -0.25) is 14.4 Å². The molecule has 29 heavy (non-hydrogen) atoms. The van der Waals surface area contributed by atoms with E-state index < -0.39 is 30.2 Å². The van der Waals surface area contributed by atoms with Gasteiger partial charge >= 0.3 is 5.97 Å². The molecule has 0 unspecified atom stereocenters. The molecular weight excluding hydrogens is 399 g/mol. The molecule has 0 saturated carbocycles. The summed E-state index contributed by atoms with van der Waals surface area (Å²) in [5.41, 5.74) is 1.19. The maximum absolute atomic E-state index is 13.0. The molecule has 1 saturated heterocycles. The largest absolute Gasteiger partial charge is 0.455 e. The number of hydrogen-bond donors (Lipinski definition) is 1. The van der Waals surface area contributed by atoms with E-state index in [1.54, 1.807) is 4.90 Å². The van der Waals surface area contributed by atoms with E-state index >= 15 is 0 Å². The van der Waals surface area contributed by atoms with Crippen LogP contribution < -0.4 is 5.32 Å². The highest BCUT2D eigenvalue weighted by Gasteiger charge is 2.38. The van der Waals surface area contributed by atoms with Crippen LogP contribution in [0.5, 0.6) is 0 Å². The van der Waals surface area contributed by atoms with E-state index in [9.17, 15) is 18.8 Å². The van der Waals surface area contributed by atoms with E-state index in [1.807, 2.05) is 37.3 Å². The number of hydrogen-bond acceptors (Lipinski definition) is 4. The Hall–Kier alpha value is -2.93. The Morgan fingerprint density at radius 3 is 2.69 bits per heavy atom. The summed E-state index contributed by atoms with van der Waals surface area (Å²) in [6, 6.07) is 12.9. The molecule has 1 aliphatic heterocycles. The van der Waals surface area contributed by atoms with Crippen molar-refractivity contribution in [1.82, 2.24) is 4.90 Å². The van der Waals surface area contributed by atoms with Gasteiger partial charge in [-0.2, -0.15) is 0 Å². The van der Waals surface area contributed by atoms with Crippen LogP contribution in [0.1, 0.15) is 24.9 Å². The molecule has 6 nitrogen and oxygen atoms in total. The molecule has 1 heterocycles. The fraction of sp³-hybridized carbons (Fsp3) is 0.286. The minimum absolute atomic E-state index is 0.0385. The minimum Gasteiger partial charge on any atom is -0.455 e. The molecule has 2 amide bonds. The van der Waals surface area contributed by atoms with Crippen LogP contribution in [0.25, 0.3) is 0 Å². The van der Waals surface area contributed by atoms with Crippen molar-refractivity contribution in [2.75, 3.05) is 18.5 Å². The first-order valence-corrected chi connectivity index (χ1v) is 9.49. The van der Waals surface area contributed by atoms with Crippen molar-refractivity contribution in [3.8, 4) is 0 Å². The molecule has 1 N–H and O–H groups in total. The molecular formula is C21H20ClFN2O4. The van der Waals surface area contributed by atoms with Crippen molar-refractivity contribution in [2.24, 2.45) is 5.92 Å². The summed E-state index contributed by atoms with van der Waals surface area (Å²) in [6.07, 6.45) is 0.0431. The standard InChI is InChI=1S/C21H20ClFN2O4/c1-13(14-5-3-2-4-6-14)25-11-15(9-20(25)27)21(28)29-12-19(26)24-18-8-7-16(23)10-17(18)22/h2-8,10,13,15H,9,11-12H2,1H3,(H,24,26)/t13-,15+/m1/s1. The fourth-order valence-electron chi connectivity index (χ4n) is 3.21. The SMILES string of the molecule is C[C@H](c1ccccc1)N1C[C@@H](C(=O)OCC(=O)Nc2ccc(F)cc2Cl)CC1=O. The zero-order valence-corrected chi connectivity index (χ0v) is 16.5. The van der Waals surface area contributed by atoms with Gasteiger partial charge < -0.3 is 15.0 Å². The summed E-state index contributed by atoms with van der Waals surface area (Å²) in [6.45, 7) is 1.62. The summed E-state index contributed by atoms with van der Waals surface area (Å²) in [5, 5.41) is 2.49. The Morgan fingerprint density at radius 1 is 1.28 bits per heavy atom. The second-order valence-electron chi connectivity index (χ2n) is 6.81. The molecule has 152 valence electrons. The van der Waals surface area contributed by atoms with Crippen molar-refractivity contribution in [2.45, 2.75) is 19.4 Å². The predicted molar refractivity (Wildman–Crippen MR) is 106 cm³/mol. The highest BCUT2D eigenvalue weighted by Crippen LogP contribution is 2.29. The smallest absolute Gasteiger partial charge is 0.311 e. The lowest BCUT2D eigenvalue weighted by molar-refractivity contribution is -0.151. The van der Waals surface area contributed by atoms with Crippen molar-refractivity contribution in [3.05, 3.63) is 64.9 Å². The first-order chi connectivity index (χ1) is 13.8. The van der Waals surface area contributed by atoms with Crippen LogP contribution >= 0.6 is 11.6 Å². The van der Waals surface area contributed by atoms with E-state index in [4.69, 9.17) is 16.3 Å². The highest BCUT2D eigenvalue weighted by atomic mass is 35.5. The third-order valence-corrected chi connectivity index (χ3v) is 5.10. The second-order valence-corrected chi connectivity index (χ2v) is 7.22. The average Bonchev–Trinajstić information content (AvgIpc) is 3.10. The fourth-order valence-corrected chi connectivity index (χ4v) is 3.42. The van der Waals surface area contributed by atoms with Gasteiger partial charge in [-0.1, -0.05) is 41.9 Å². The molecule has 1 fully saturated rings. The van der Waals surface area contributed by atoms with Gasteiger partial charge in [0.15, 0.2) is 6.61 Å². The third kappa shape index (κ3) is 5.12. The monoisotopic (exact) mass is 418 g/mol. The van der Waals surface area contributed by atoms with E-state index in [-0.39, 0.29) is 35.6 Å². The average molecular weight is 419 g/mol. The predicted octanol–water partition coefficient (Wildman–Crippen LogP) is 3.57. The lowest BCUT2D eigenvalue weighted by atomic mass is 10.1. The Kier molecular flexibility index (Phi) is 6.49. The molecule has 0 radical (unpaired) electrons. The highest BCUT2D eigenvalue weighted by molar-refractivity contribution is 6.33. The number of carbonyl (C=O) groups is 3. The lowest BCUT2D eigenvalue weighted by Gasteiger charge is -2.25. The lowest BCUT2D eigenvalue weighted by Crippen LogP contribution is -2.30. The normalized spacial score (nSPS) is 17.1. The van der Waals surface area contributed by atoms with Gasteiger partial charge in [-0.25, -0.2) is 4.39 Å². The first-order valence-electron chi connectivity index (χ1n) is 9.11. The summed E-state index contributed by atoms with van der Waals surface area (Å²) in [4.78, 5) is 38.3. The number of halogens is 2. The van der Waals surface area contributed by atoms with E-state index in [1.165, 1.54) is 6.07 Å². The number of likely N-dealkylation sites (tertiary alicyclic amines) is 1. The second kappa shape index (κ2) is 9.05. The number of nitrogens with zero attached hydrogens (tertiary/aromatic N) is 1. The number of esters is 1. The van der Waals surface area contributed by atoms with Gasteiger partial charge in [0.25, 0.3) is 5.91 Å². The van der Waals surface area contributed by atoms with E-state index in [0.29, 0.717) is 0 Å². The number of carbonyl (C=O) groups excluding carboxylic acids is 3. The topological polar surface area (TPSA) is 75.7 Å². The van der Waals surface area contributed by atoms with Crippen LogP contribution in [0.2, 0.25) is 5.02 Å². The van der Waals surface area contributed by atoms with Gasteiger partial charge in [0, 0.05) is 13.0 Å². The molecule has 2 aromatic carbocycles. The van der Waals surface area contributed by atoms with Gasteiger partial charge in [0.05, 0.1) is 22.7 Å². The first kappa shape index (κ1) is 20.8. The summed E-state index contributed by atoms with van der Waals surface area (Å²) >= 11 is 5.85. The Bertz CT molecular complexity index is 922. The molecule has 8 heteroatoms. The van der Waals surface area contributed by atoms with Gasteiger partial charge in [0.1, 0.15) is 5.82 Å². The summed E-state index contributed by atoms with van der Waals surface area (Å²) in [5.74, 6) is -2.51. The molecule has 1 aliphatic rings. The Labute approximate surface area is 172 Å². The quantitative estimate of drug-likeness (QED) is 0.728. The maximum Gasteiger partial charge on any atom is 0.311 e. The van der Waals surface area contributed by atoms with Crippen LogP contribution in [0.3, 0.4) is 0 Å². The van der Waals surface area contributed by atoms with Gasteiger partial charge in [0.2, 0.25) is 5.91 Å². The Morgan fingerprint density at radius 2 is 2.00 bits per heavy atom. The molecule has 0 aromatic heterocycles. The summed E-state index contributed by atoms with van der Waals surface area (Å²) in [7, 11) is 0. The number of rotatable bonds is 6. The molecule has 3 rings (SSSR count). The van der Waals surface area contributed by atoms with Crippen molar-refractivity contribution >= 4 is 35.1 Å². The van der Waals surface area contributed by atoms with Crippen LogP contribution in [0.15, 0.2) is 48.5 Å². The van der Waals surface area contributed by atoms with Gasteiger partial charge in [-0.15, -0.1) is 0 Å². The maximum atomic E-state index is 13.0.